The van der Waals surface area contributed by atoms with E-state index in [1.165, 1.54) is 23.5 Å². The van der Waals surface area contributed by atoms with Crippen molar-refractivity contribution in [1.29, 1.82) is 0 Å². The van der Waals surface area contributed by atoms with Crippen LogP contribution in [0.25, 0.3) is 10.6 Å². The lowest BCUT2D eigenvalue weighted by atomic mass is 10.2. The first-order chi connectivity index (χ1) is 12.3. The van der Waals surface area contributed by atoms with E-state index < -0.39 is 11.8 Å². The predicted octanol–water partition coefficient (Wildman–Crippen LogP) is 3.43. The van der Waals surface area contributed by atoms with Crippen molar-refractivity contribution in [3.63, 3.8) is 0 Å². The highest BCUT2D eigenvalue weighted by atomic mass is 79.9. The number of carbonyl (C=O) groups excluding carboxylic acids is 2. The van der Waals surface area contributed by atoms with E-state index in [1.807, 2.05) is 0 Å². The highest BCUT2D eigenvalue weighted by molar-refractivity contribution is 9.10. The van der Waals surface area contributed by atoms with Crippen LogP contribution in [-0.4, -0.2) is 21.4 Å². The number of aromatic nitrogens is 2. The molecule has 6 nitrogen and oxygen atoms in total. The van der Waals surface area contributed by atoms with Crippen LogP contribution < -0.4 is 10.9 Å². The van der Waals surface area contributed by atoms with Crippen LogP contribution in [0.5, 0.6) is 0 Å². The van der Waals surface area contributed by atoms with Gasteiger partial charge in [-0.25, -0.2) is 9.37 Å². The molecule has 0 aliphatic heterocycles. The summed E-state index contributed by atoms with van der Waals surface area (Å²) >= 11 is 4.46. The molecule has 0 spiro atoms. The van der Waals surface area contributed by atoms with Crippen molar-refractivity contribution in [2.45, 2.75) is 6.92 Å². The standard InChI is InChI=1S/C17H14BrFN4O2S/c1-9-14(26-17(20-9)10-3-5-12(19)6-4-10)16(25)22-21-15(24)13-7-11(18)8-23(13)2/h3-8H,1-2H3,(H,21,24)(H,22,25). The van der Waals surface area contributed by atoms with Gasteiger partial charge in [-0.3, -0.25) is 20.4 Å². The third kappa shape index (κ3) is 3.83. The summed E-state index contributed by atoms with van der Waals surface area (Å²) in [4.78, 5) is 29.2. The normalized spacial score (nSPS) is 10.6. The number of hydrogen-bond acceptors (Lipinski definition) is 4. The first kappa shape index (κ1) is 18.3. The molecule has 0 aliphatic carbocycles. The maximum atomic E-state index is 13.0. The SMILES string of the molecule is Cc1nc(-c2ccc(F)cc2)sc1C(=O)NNC(=O)c1cc(Br)cn1C. The number of aryl methyl sites for hydroxylation is 2. The Morgan fingerprint density at radius 1 is 1.19 bits per heavy atom. The maximum absolute atomic E-state index is 13.0. The molecule has 2 aromatic heterocycles. The van der Waals surface area contributed by atoms with Gasteiger partial charge in [-0.15, -0.1) is 11.3 Å². The van der Waals surface area contributed by atoms with Gasteiger partial charge in [0.2, 0.25) is 0 Å². The van der Waals surface area contributed by atoms with Crippen LogP contribution in [-0.2, 0) is 7.05 Å². The smallest absolute Gasteiger partial charge is 0.286 e. The third-order valence-corrected chi connectivity index (χ3v) is 5.23. The fourth-order valence-corrected chi connectivity index (χ4v) is 3.80. The van der Waals surface area contributed by atoms with E-state index in [1.54, 1.807) is 42.9 Å². The molecular weight excluding hydrogens is 423 g/mol. The zero-order valence-corrected chi connectivity index (χ0v) is 16.2. The second kappa shape index (κ2) is 7.38. The first-order valence-electron chi connectivity index (χ1n) is 7.51. The Hall–Kier alpha value is -2.52. The van der Waals surface area contributed by atoms with Crippen LogP contribution in [0.2, 0.25) is 0 Å². The van der Waals surface area contributed by atoms with Crippen LogP contribution in [0.1, 0.15) is 25.9 Å². The summed E-state index contributed by atoms with van der Waals surface area (Å²) in [5, 5.41) is 0.602. The van der Waals surface area contributed by atoms with Crippen LogP contribution in [0.15, 0.2) is 41.0 Å². The number of hydrogen-bond donors (Lipinski definition) is 2. The summed E-state index contributed by atoms with van der Waals surface area (Å²) in [7, 11) is 1.73. The Morgan fingerprint density at radius 2 is 1.85 bits per heavy atom. The molecule has 0 radical (unpaired) electrons. The monoisotopic (exact) mass is 436 g/mol. The fraction of sp³-hybridized carbons (Fsp3) is 0.118. The third-order valence-electron chi connectivity index (χ3n) is 3.59. The van der Waals surface area contributed by atoms with Gasteiger partial charge in [0.15, 0.2) is 0 Å². The Bertz CT molecular complexity index is 981. The first-order valence-corrected chi connectivity index (χ1v) is 9.12. The van der Waals surface area contributed by atoms with E-state index >= 15 is 0 Å². The number of nitrogens with one attached hydrogen (secondary N) is 2. The van der Waals surface area contributed by atoms with Crippen LogP contribution >= 0.6 is 27.3 Å². The summed E-state index contributed by atoms with van der Waals surface area (Å²) < 4.78 is 15.4. The molecule has 0 aliphatic rings. The van der Waals surface area contributed by atoms with Gasteiger partial charge in [0.25, 0.3) is 11.8 Å². The molecule has 2 N–H and O–H groups in total. The summed E-state index contributed by atoms with van der Waals surface area (Å²) in [6.07, 6.45) is 1.74. The molecule has 3 aromatic rings. The molecule has 9 heteroatoms. The maximum Gasteiger partial charge on any atom is 0.286 e. The molecule has 2 heterocycles. The number of rotatable bonds is 3. The fourth-order valence-electron chi connectivity index (χ4n) is 2.31. The number of amides is 2. The minimum absolute atomic E-state index is 0.338. The number of carbonyl (C=O) groups is 2. The van der Waals surface area contributed by atoms with E-state index in [2.05, 4.69) is 31.8 Å². The van der Waals surface area contributed by atoms with Crippen molar-refractivity contribution in [3.8, 4) is 10.6 Å². The van der Waals surface area contributed by atoms with E-state index in [9.17, 15) is 14.0 Å². The van der Waals surface area contributed by atoms with Crippen LogP contribution in [0, 0.1) is 12.7 Å². The topological polar surface area (TPSA) is 76.0 Å². The Balaban J connectivity index is 1.71. The van der Waals surface area contributed by atoms with E-state index in [4.69, 9.17) is 0 Å². The largest absolute Gasteiger partial charge is 0.345 e. The van der Waals surface area contributed by atoms with Crippen molar-refractivity contribution in [1.82, 2.24) is 20.4 Å². The highest BCUT2D eigenvalue weighted by Crippen LogP contribution is 2.27. The number of benzene rings is 1. The average Bonchev–Trinajstić information content (AvgIpc) is 3.15. The zero-order chi connectivity index (χ0) is 18.8. The number of nitrogens with zero attached hydrogens (tertiary/aromatic N) is 2. The van der Waals surface area contributed by atoms with Gasteiger partial charge in [-0.1, -0.05) is 0 Å². The summed E-state index contributed by atoms with van der Waals surface area (Å²) in [6.45, 7) is 1.70. The average molecular weight is 437 g/mol. The molecule has 0 saturated carbocycles. The Kier molecular flexibility index (Phi) is 5.19. The lowest BCUT2D eigenvalue weighted by molar-refractivity contribution is 0.0843. The molecule has 0 saturated heterocycles. The molecule has 0 fully saturated rings. The van der Waals surface area contributed by atoms with Gasteiger partial charge in [-0.05, 0) is 53.2 Å². The lowest BCUT2D eigenvalue weighted by Crippen LogP contribution is -2.42. The van der Waals surface area contributed by atoms with E-state index in [0.29, 0.717) is 21.3 Å². The Labute approximate surface area is 161 Å². The van der Waals surface area contributed by atoms with Gasteiger partial charge in [0.1, 0.15) is 21.4 Å². The zero-order valence-electron chi connectivity index (χ0n) is 13.8. The van der Waals surface area contributed by atoms with Gasteiger partial charge >= 0.3 is 0 Å². The molecular formula is C17H14BrFN4O2S. The molecule has 26 heavy (non-hydrogen) atoms. The summed E-state index contributed by atoms with van der Waals surface area (Å²) in [5.41, 5.74) is 6.42. The van der Waals surface area contributed by atoms with Gasteiger partial charge < -0.3 is 4.57 Å². The van der Waals surface area contributed by atoms with Gasteiger partial charge in [-0.2, -0.15) is 0 Å². The van der Waals surface area contributed by atoms with Crippen LogP contribution in [0.3, 0.4) is 0 Å². The number of halogens is 2. The quantitative estimate of drug-likeness (QED) is 0.617. The summed E-state index contributed by atoms with van der Waals surface area (Å²) in [5.74, 6) is -1.24. The van der Waals surface area contributed by atoms with Crippen LogP contribution in [0.4, 0.5) is 4.39 Å². The molecule has 0 atom stereocenters. The lowest BCUT2D eigenvalue weighted by Gasteiger charge is -2.07. The molecule has 1 aromatic carbocycles. The van der Waals surface area contributed by atoms with Crippen molar-refractivity contribution in [2.24, 2.45) is 7.05 Å². The minimum atomic E-state index is -0.463. The number of hydrazine groups is 1. The highest BCUT2D eigenvalue weighted by Gasteiger charge is 2.18. The second-order valence-corrected chi connectivity index (χ2v) is 7.42. The molecule has 0 bridgehead atoms. The van der Waals surface area contributed by atoms with Crippen molar-refractivity contribution in [2.75, 3.05) is 0 Å². The second-order valence-electron chi connectivity index (χ2n) is 5.50. The van der Waals surface area contributed by atoms with Gasteiger partial charge in [0, 0.05) is 23.3 Å². The minimum Gasteiger partial charge on any atom is -0.345 e. The molecule has 134 valence electrons. The van der Waals surface area contributed by atoms with Gasteiger partial charge in [0.05, 0.1) is 5.69 Å². The van der Waals surface area contributed by atoms with Crippen molar-refractivity contribution in [3.05, 3.63) is 63.1 Å². The van der Waals surface area contributed by atoms with Crippen molar-refractivity contribution < 1.29 is 14.0 Å². The number of thiazole rings is 1. The molecule has 3 rings (SSSR count). The van der Waals surface area contributed by atoms with E-state index in [0.717, 1.165) is 10.0 Å². The van der Waals surface area contributed by atoms with Crippen molar-refractivity contribution >= 4 is 39.1 Å². The summed E-state index contributed by atoms with van der Waals surface area (Å²) in [6, 6.07) is 7.52. The molecule has 0 unspecified atom stereocenters. The Morgan fingerprint density at radius 3 is 2.46 bits per heavy atom. The van der Waals surface area contributed by atoms with E-state index in [-0.39, 0.29) is 5.82 Å². The predicted molar refractivity (Wildman–Crippen MR) is 100 cm³/mol. The molecule has 2 amide bonds.